The fourth-order valence-electron chi connectivity index (χ4n) is 6.31. The summed E-state index contributed by atoms with van der Waals surface area (Å²) in [6.45, 7) is 0.0278. The van der Waals surface area contributed by atoms with E-state index < -0.39 is 5.97 Å². The maximum Gasteiger partial charge on any atom is 0.342 e. The molecule has 0 aromatic heterocycles. The van der Waals surface area contributed by atoms with Crippen molar-refractivity contribution >= 4 is 23.5 Å². The number of nitrogens with one attached hydrogen (secondary N) is 1. The van der Waals surface area contributed by atoms with Crippen LogP contribution < -0.4 is 10.1 Å². The minimum absolute atomic E-state index is 0.0855. The minimum atomic E-state index is -0.558. The number of rotatable bonds is 7. The van der Waals surface area contributed by atoms with Gasteiger partial charge in [0.15, 0.2) is 6.61 Å². The second kappa shape index (κ2) is 8.78. The molecular weight excluding hydrogens is 426 g/mol. The van der Waals surface area contributed by atoms with Crippen molar-refractivity contribution in [3.05, 3.63) is 64.7 Å². The van der Waals surface area contributed by atoms with Crippen molar-refractivity contribution < 1.29 is 19.1 Å². The van der Waals surface area contributed by atoms with E-state index in [1.54, 1.807) is 36.4 Å². The second-order valence-corrected chi connectivity index (χ2v) is 10.2. The predicted molar refractivity (Wildman–Crippen MR) is 122 cm³/mol. The maximum atomic E-state index is 12.7. The Labute approximate surface area is 193 Å². The van der Waals surface area contributed by atoms with Gasteiger partial charge in [-0.25, -0.2) is 4.79 Å². The Morgan fingerprint density at radius 1 is 0.938 bits per heavy atom. The van der Waals surface area contributed by atoms with Gasteiger partial charge in [0.2, 0.25) is 0 Å². The number of esters is 1. The van der Waals surface area contributed by atoms with Gasteiger partial charge in [0, 0.05) is 10.6 Å². The van der Waals surface area contributed by atoms with Crippen LogP contribution in [0.3, 0.4) is 0 Å². The van der Waals surface area contributed by atoms with Gasteiger partial charge in [-0.3, -0.25) is 4.79 Å². The summed E-state index contributed by atoms with van der Waals surface area (Å²) in [5.41, 5.74) is 1.16. The number of hydrogen-bond donors (Lipinski definition) is 1. The molecule has 4 saturated carbocycles. The lowest BCUT2D eigenvalue weighted by Crippen LogP contribution is -2.60. The molecule has 0 radical (unpaired) electrons. The van der Waals surface area contributed by atoms with E-state index in [0.717, 1.165) is 42.6 Å². The molecule has 5 nitrogen and oxygen atoms in total. The number of carbonyl (C=O) groups is 2. The zero-order valence-corrected chi connectivity index (χ0v) is 18.8. The number of carbonyl (C=O) groups excluding carboxylic acids is 2. The number of para-hydroxylation sites is 1. The fourth-order valence-corrected chi connectivity index (χ4v) is 6.43. The molecule has 4 aliphatic carbocycles. The molecule has 4 aliphatic rings. The van der Waals surface area contributed by atoms with Crippen molar-refractivity contribution in [1.82, 2.24) is 5.32 Å². The highest BCUT2D eigenvalue weighted by atomic mass is 35.5. The maximum absolute atomic E-state index is 12.7. The third kappa shape index (κ3) is 4.63. The van der Waals surface area contributed by atoms with Crippen LogP contribution in [0.2, 0.25) is 5.02 Å². The van der Waals surface area contributed by atoms with Crippen molar-refractivity contribution in [3.63, 3.8) is 0 Å². The molecule has 1 N–H and O–H groups in total. The summed E-state index contributed by atoms with van der Waals surface area (Å²) in [6.07, 6.45) is 7.16. The van der Waals surface area contributed by atoms with Gasteiger partial charge in [-0.05, 0) is 86.1 Å². The van der Waals surface area contributed by atoms with E-state index in [2.05, 4.69) is 5.32 Å². The van der Waals surface area contributed by atoms with Gasteiger partial charge >= 0.3 is 5.97 Å². The molecule has 0 aliphatic heterocycles. The Hall–Kier alpha value is -2.53. The molecule has 6 rings (SSSR count). The van der Waals surface area contributed by atoms with Crippen molar-refractivity contribution in [3.8, 4) is 5.75 Å². The monoisotopic (exact) mass is 453 g/mol. The SMILES string of the molecule is O=C(COC(=O)c1ccccc1OCc1ccc(Cl)cc1)NC12CC3CC(CC(C3)C1)C2. The van der Waals surface area contributed by atoms with Crippen LogP contribution in [0.4, 0.5) is 0 Å². The van der Waals surface area contributed by atoms with Crippen LogP contribution in [-0.2, 0) is 16.1 Å². The first-order chi connectivity index (χ1) is 15.5. The highest BCUT2D eigenvalue weighted by molar-refractivity contribution is 6.30. The minimum Gasteiger partial charge on any atom is -0.488 e. The van der Waals surface area contributed by atoms with Crippen LogP contribution in [0.1, 0.15) is 54.4 Å². The van der Waals surface area contributed by atoms with Gasteiger partial charge in [-0.2, -0.15) is 0 Å². The number of hydrogen-bond acceptors (Lipinski definition) is 4. The lowest BCUT2D eigenvalue weighted by molar-refractivity contribution is -0.130. The summed E-state index contributed by atoms with van der Waals surface area (Å²) in [4.78, 5) is 25.3. The molecule has 4 bridgehead atoms. The first-order valence-corrected chi connectivity index (χ1v) is 11.8. The van der Waals surface area contributed by atoms with Crippen molar-refractivity contribution in [2.24, 2.45) is 17.8 Å². The van der Waals surface area contributed by atoms with E-state index >= 15 is 0 Å². The molecule has 32 heavy (non-hydrogen) atoms. The molecule has 0 unspecified atom stereocenters. The van der Waals surface area contributed by atoms with Crippen molar-refractivity contribution in [2.45, 2.75) is 50.7 Å². The Balaban J connectivity index is 1.17. The Kier molecular flexibility index (Phi) is 5.85. The zero-order valence-electron chi connectivity index (χ0n) is 18.0. The smallest absolute Gasteiger partial charge is 0.342 e. The quantitative estimate of drug-likeness (QED) is 0.588. The highest BCUT2D eigenvalue weighted by Gasteiger charge is 2.51. The largest absolute Gasteiger partial charge is 0.488 e. The molecule has 4 fully saturated rings. The number of benzene rings is 2. The summed E-state index contributed by atoms with van der Waals surface area (Å²) in [5.74, 6) is 1.89. The van der Waals surface area contributed by atoms with Crippen molar-refractivity contribution in [1.29, 1.82) is 0 Å². The van der Waals surface area contributed by atoms with Gasteiger partial charge in [0.25, 0.3) is 5.91 Å². The van der Waals surface area contributed by atoms with E-state index in [0.29, 0.717) is 22.9 Å². The molecule has 2 aromatic carbocycles. The van der Waals surface area contributed by atoms with Crippen LogP contribution in [0.5, 0.6) is 5.75 Å². The van der Waals surface area contributed by atoms with Crippen LogP contribution >= 0.6 is 11.6 Å². The summed E-state index contributed by atoms with van der Waals surface area (Å²) < 4.78 is 11.2. The van der Waals surface area contributed by atoms with Gasteiger partial charge in [-0.1, -0.05) is 35.9 Å². The average Bonchev–Trinajstić information content (AvgIpc) is 2.76. The fraction of sp³-hybridized carbons (Fsp3) is 0.462. The standard InChI is InChI=1S/C26H28ClNO4/c27-21-7-5-17(6-8-21)15-31-23-4-2-1-3-22(23)25(30)32-16-24(29)28-26-12-18-9-19(13-26)11-20(10-18)14-26/h1-8,18-20H,9-16H2,(H,28,29). The third-order valence-corrected chi connectivity index (χ3v) is 7.44. The summed E-state index contributed by atoms with van der Waals surface area (Å²) in [5, 5.41) is 3.90. The molecule has 0 heterocycles. The number of halogens is 1. The Bertz CT molecular complexity index is 968. The average molecular weight is 454 g/mol. The van der Waals surface area contributed by atoms with Crippen LogP contribution in [0, 0.1) is 17.8 Å². The van der Waals surface area contributed by atoms with Crippen LogP contribution in [-0.4, -0.2) is 24.0 Å². The van der Waals surface area contributed by atoms with Crippen LogP contribution in [0.25, 0.3) is 0 Å². The van der Waals surface area contributed by atoms with E-state index in [-0.39, 0.29) is 18.1 Å². The normalized spacial score (nSPS) is 27.7. The van der Waals surface area contributed by atoms with Crippen molar-refractivity contribution in [2.75, 3.05) is 6.61 Å². The summed E-state index contributed by atoms with van der Waals surface area (Å²) in [7, 11) is 0. The number of amides is 1. The zero-order chi connectivity index (χ0) is 22.1. The van der Waals surface area contributed by atoms with Gasteiger partial charge in [0.1, 0.15) is 17.9 Å². The second-order valence-electron chi connectivity index (χ2n) is 9.73. The highest BCUT2D eigenvalue weighted by Crippen LogP contribution is 2.55. The molecular formula is C26H28ClNO4. The van der Waals surface area contributed by atoms with Gasteiger partial charge in [-0.15, -0.1) is 0 Å². The summed E-state index contributed by atoms with van der Waals surface area (Å²) >= 11 is 5.92. The Morgan fingerprint density at radius 2 is 1.56 bits per heavy atom. The molecule has 0 spiro atoms. The predicted octanol–water partition coefficient (Wildman–Crippen LogP) is 5.16. The molecule has 168 valence electrons. The van der Waals surface area contributed by atoms with E-state index in [4.69, 9.17) is 21.1 Å². The first-order valence-electron chi connectivity index (χ1n) is 11.4. The molecule has 2 aromatic rings. The molecule has 6 heteroatoms. The van der Waals surface area contributed by atoms with E-state index in [1.807, 2.05) is 12.1 Å². The number of ether oxygens (including phenoxy) is 2. The Morgan fingerprint density at radius 3 is 2.22 bits per heavy atom. The van der Waals surface area contributed by atoms with Crippen LogP contribution in [0.15, 0.2) is 48.5 Å². The van der Waals surface area contributed by atoms with E-state index in [9.17, 15) is 9.59 Å². The lowest BCUT2D eigenvalue weighted by atomic mass is 9.53. The summed E-state index contributed by atoms with van der Waals surface area (Å²) in [6, 6.07) is 14.3. The molecule has 0 saturated heterocycles. The van der Waals surface area contributed by atoms with Gasteiger partial charge < -0.3 is 14.8 Å². The van der Waals surface area contributed by atoms with E-state index in [1.165, 1.54) is 19.3 Å². The lowest BCUT2D eigenvalue weighted by Gasteiger charge is -2.56. The molecule has 1 amide bonds. The molecule has 0 atom stereocenters. The third-order valence-electron chi connectivity index (χ3n) is 7.19. The topological polar surface area (TPSA) is 64.6 Å². The van der Waals surface area contributed by atoms with Gasteiger partial charge in [0.05, 0.1) is 0 Å². The first kappa shape index (κ1) is 21.3.